The van der Waals surface area contributed by atoms with Gasteiger partial charge >= 0.3 is 5.97 Å². The van der Waals surface area contributed by atoms with E-state index in [0.717, 1.165) is 16.7 Å². The van der Waals surface area contributed by atoms with Crippen LogP contribution in [0.5, 0.6) is 5.75 Å². The standard InChI is InChI=1S/C27H29NO4S/c1-6-32-27(30)25-22(21-15-18(4)7-13-23(21)31-5)16-33-26(25)28-24(29)14-10-19-8-11-20(12-9-19)17(2)3/h7-17H,6H2,1-5H3,(H,28,29)/b14-10+. The van der Waals surface area contributed by atoms with Gasteiger partial charge in [0.1, 0.15) is 16.3 Å². The summed E-state index contributed by atoms with van der Waals surface area (Å²) in [6.45, 7) is 8.24. The Hall–Kier alpha value is -3.38. The molecular formula is C27H29NO4S. The zero-order valence-corrected chi connectivity index (χ0v) is 20.4. The second kappa shape index (κ2) is 11.0. The number of hydrogen-bond donors (Lipinski definition) is 1. The molecule has 0 fully saturated rings. The Bertz CT molecular complexity index is 1160. The van der Waals surface area contributed by atoms with Crippen molar-refractivity contribution in [3.05, 3.63) is 76.2 Å². The summed E-state index contributed by atoms with van der Waals surface area (Å²) in [7, 11) is 1.59. The van der Waals surface area contributed by atoms with E-state index in [-0.39, 0.29) is 12.5 Å². The molecule has 0 saturated carbocycles. The number of ether oxygens (including phenoxy) is 2. The lowest BCUT2D eigenvalue weighted by molar-refractivity contribution is -0.111. The molecule has 0 aliphatic carbocycles. The summed E-state index contributed by atoms with van der Waals surface area (Å²) < 4.78 is 10.8. The van der Waals surface area contributed by atoms with Gasteiger partial charge in [0.15, 0.2) is 0 Å². The van der Waals surface area contributed by atoms with Crippen molar-refractivity contribution >= 4 is 34.3 Å². The van der Waals surface area contributed by atoms with Gasteiger partial charge in [0.25, 0.3) is 0 Å². The lowest BCUT2D eigenvalue weighted by Gasteiger charge is -2.11. The molecule has 0 unspecified atom stereocenters. The van der Waals surface area contributed by atoms with Crippen molar-refractivity contribution in [1.82, 2.24) is 0 Å². The van der Waals surface area contributed by atoms with E-state index >= 15 is 0 Å². The molecule has 2 aromatic carbocycles. The van der Waals surface area contributed by atoms with Crippen LogP contribution in [0.3, 0.4) is 0 Å². The van der Waals surface area contributed by atoms with Gasteiger partial charge in [-0.05, 0) is 49.1 Å². The van der Waals surface area contributed by atoms with E-state index < -0.39 is 5.97 Å². The maximum Gasteiger partial charge on any atom is 0.341 e. The minimum absolute atomic E-state index is 0.235. The number of benzene rings is 2. The summed E-state index contributed by atoms with van der Waals surface area (Å²) >= 11 is 1.28. The number of nitrogens with one attached hydrogen (secondary N) is 1. The van der Waals surface area contributed by atoms with E-state index in [9.17, 15) is 9.59 Å². The van der Waals surface area contributed by atoms with Crippen LogP contribution < -0.4 is 10.1 Å². The van der Waals surface area contributed by atoms with Crippen LogP contribution in [-0.4, -0.2) is 25.6 Å². The van der Waals surface area contributed by atoms with Crippen LogP contribution in [0.1, 0.15) is 53.7 Å². The molecule has 0 aliphatic heterocycles. The molecule has 6 heteroatoms. The third-order valence-corrected chi connectivity index (χ3v) is 6.08. The molecule has 1 N–H and O–H groups in total. The highest BCUT2D eigenvalue weighted by atomic mass is 32.1. The van der Waals surface area contributed by atoms with Gasteiger partial charge in [-0.15, -0.1) is 11.3 Å². The van der Waals surface area contributed by atoms with Crippen LogP contribution in [0.4, 0.5) is 5.00 Å². The lowest BCUT2D eigenvalue weighted by Crippen LogP contribution is -2.12. The topological polar surface area (TPSA) is 64.6 Å². The normalized spacial score (nSPS) is 11.1. The quantitative estimate of drug-likeness (QED) is 0.299. The first-order chi connectivity index (χ1) is 15.8. The first kappa shape index (κ1) is 24.3. The summed E-state index contributed by atoms with van der Waals surface area (Å²) in [6, 6.07) is 13.8. The molecule has 0 atom stereocenters. The van der Waals surface area contributed by atoms with Gasteiger partial charge in [-0.2, -0.15) is 0 Å². The molecular weight excluding hydrogens is 434 g/mol. The van der Waals surface area contributed by atoms with E-state index in [4.69, 9.17) is 9.47 Å². The van der Waals surface area contributed by atoms with E-state index in [2.05, 4.69) is 31.3 Å². The molecule has 0 aliphatic rings. The average molecular weight is 464 g/mol. The van der Waals surface area contributed by atoms with Crippen molar-refractivity contribution in [3.8, 4) is 16.9 Å². The predicted molar refractivity (Wildman–Crippen MR) is 135 cm³/mol. The molecule has 0 bridgehead atoms. The molecule has 1 aromatic heterocycles. The van der Waals surface area contributed by atoms with Gasteiger partial charge < -0.3 is 14.8 Å². The van der Waals surface area contributed by atoms with Crippen molar-refractivity contribution in [1.29, 1.82) is 0 Å². The summed E-state index contributed by atoms with van der Waals surface area (Å²) in [6.07, 6.45) is 3.22. The molecule has 5 nitrogen and oxygen atoms in total. The Balaban J connectivity index is 1.89. The molecule has 1 amide bonds. The fraction of sp³-hybridized carbons (Fsp3) is 0.259. The third-order valence-electron chi connectivity index (χ3n) is 5.18. The maximum atomic E-state index is 12.8. The fourth-order valence-electron chi connectivity index (χ4n) is 3.40. The van der Waals surface area contributed by atoms with Crippen LogP contribution in [-0.2, 0) is 9.53 Å². The van der Waals surface area contributed by atoms with Crippen LogP contribution in [0.25, 0.3) is 17.2 Å². The average Bonchev–Trinajstić information content (AvgIpc) is 3.21. The largest absolute Gasteiger partial charge is 0.496 e. The summed E-state index contributed by atoms with van der Waals surface area (Å²) in [5.41, 5.74) is 4.98. The highest BCUT2D eigenvalue weighted by molar-refractivity contribution is 7.15. The molecule has 172 valence electrons. The van der Waals surface area contributed by atoms with Gasteiger partial charge in [-0.25, -0.2) is 4.79 Å². The Morgan fingerprint density at radius 3 is 2.45 bits per heavy atom. The molecule has 0 saturated heterocycles. The highest BCUT2D eigenvalue weighted by Gasteiger charge is 2.24. The van der Waals surface area contributed by atoms with Crippen LogP contribution >= 0.6 is 11.3 Å². The number of hydrogen-bond acceptors (Lipinski definition) is 5. The van der Waals surface area contributed by atoms with Crippen molar-refractivity contribution in [3.63, 3.8) is 0 Å². The van der Waals surface area contributed by atoms with Gasteiger partial charge in [0.05, 0.1) is 13.7 Å². The zero-order chi connectivity index (χ0) is 24.0. The minimum Gasteiger partial charge on any atom is -0.496 e. The Morgan fingerprint density at radius 1 is 1.09 bits per heavy atom. The maximum absolute atomic E-state index is 12.8. The lowest BCUT2D eigenvalue weighted by atomic mass is 10.0. The predicted octanol–water partition coefficient (Wildman–Crippen LogP) is 6.68. The van der Waals surface area contributed by atoms with Crippen LogP contribution in [0.15, 0.2) is 53.9 Å². The number of esters is 1. The molecule has 3 aromatic rings. The molecule has 3 rings (SSSR count). The van der Waals surface area contributed by atoms with Gasteiger partial charge in [0.2, 0.25) is 5.91 Å². The second-order valence-corrected chi connectivity index (χ2v) is 8.80. The third kappa shape index (κ3) is 5.90. The Kier molecular flexibility index (Phi) is 8.06. The van der Waals surface area contributed by atoms with Gasteiger partial charge in [-0.1, -0.05) is 49.7 Å². The minimum atomic E-state index is -0.485. The summed E-state index contributed by atoms with van der Waals surface area (Å²) in [5, 5.41) is 5.13. The van der Waals surface area contributed by atoms with E-state index in [1.54, 1.807) is 20.1 Å². The van der Waals surface area contributed by atoms with Crippen molar-refractivity contribution in [2.75, 3.05) is 19.0 Å². The SMILES string of the molecule is CCOC(=O)c1c(-c2cc(C)ccc2OC)csc1NC(=O)/C=C/c1ccc(C(C)C)cc1. The number of aryl methyl sites for hydroxylation is 1. The van der Waals surface area contributed by atoms with Gasteiger partial charge in [-0.3, -0.25) is 4.79 Å². The van der Waals surface area contributed by atoms with E-state index in [1.165, 1.54) is 23.0 Å². The number of carbonyl (C=O) groups is 2. The van der Waals surface area contributed by atoms with Gasteiger partial charge in [0, 0.05) is 22.6 Å². The second-order valence-electron chi connectivity index (χ2n) is 7.92. The van der Waals surface area contributed by atoms with Crippen LogP contribution in [0.2, 0.25) is 0 Å². The van der Waals surface area contributed by atoms with Crippen molar-refractivity contribution < 1.29 is 19.1 Å². The fourth-order valence-corrected chi connectivity index (χ4v) is 4.36. The Morgan fingerprint density at radius 2 is 1.82 bits per heavy atom. The monoisotopic (exact) mass is 463 g/mol. The molecule has 0 spiro atoms. The number of thiophene rings is 1. The smallest absolute Gasteiger partial charge is 0.341 e. The molecule has 0 radical (unpaired) electrons. The number of anilines is 1. The number of carbonyl (C=O) groups excluding carboxylic acids is 2. The number of methoxy groups -OCH3 is 1. The van der Waals surface area contributed by atoms with Crippen molar-refractivity contribution in [2.24, 2.45) is 0 Å². The number of rotatable bonds is 8. The zero-order valence-electron chi connectivity index (χ0n) is 19.6. The van der Waals surface area contributed by atoms with Crippen LogP contribution in [0, 0.1) is 6.92 Å². The molecule has 1 heterocycles. The first-order valence-electron chi connectivity index (χ1n) is 10.9. The molecule has 33 heavy (non-hydrogen) atoms. The summed E-state index contributed by atoms with van der Waals surface area (Å²) in [5.74, 6) is 0.290. The van der Waals surface area contributed by atoms with E-state index in [0.29, 0.717) is 27.8 Å². The summed E-state index contributed by atoms with van der Waals surface area (Å²) in [4.78, 5) is 25.5. The van der Waals surface area contributed by atoms with E-state index in [1.807, 2.05) is 42.6 Å². The Labute approximate surface area is 199 Å². The number of amides is 1. The van der Waals surface area contributed by atoms with Crippen molar-refractivity contribution in [2.45, 2.75) is 33.6 Å². The first-order valence-corrected chi connectivity index (χ1v) is 11.7. The highest BCUT2D eigenvalue weighted by Crippen LogP contribution is 2.40.